The van der Waals surface area contributed by atoms with Crippen molar-refractivity contribution in [3.63, 3.8) is 0 Å². The molecule has 0 unspecified atom stereocenters. The lowest BCUT2D eigenvalue weighted by atomic mass is 10.3. The van der Waals surface area contributed by atoms with Gasteiger partial charge in [-0.3, -0.25) is 10.4 Å². The van der Waals surface area contributed by atoms with Crippen molar-refractivity contribution in [2.45, 2.75) is 12.7 Å². The Balaban J connectivity index is 1.80. The summed E-state index contributed by atoms with van der Waals surface area (Å²) in [5.74, 6) is 0.740. The highest BCUT2D eigenvalue weighted by atomic mass is 32.2. The third-order valence-electron chi connectivity index (χ3n) is 2.38. The molecule has 0 saturated carbocycles. The second-order valence-electron chi connectivity index (χ2n) is 3.79. The lowest BCUT2D eigenvalue weighted by molar-refractivity contribution is 1.05. The van der Waals surface area contributed by atoms with E-state index in [0.29, 0.717) is 4.32 Å². The van der Waals surface area contributed by atoms with Gasteiger partial charge < -0.3 is 4.98 Å². The van der Waals surface area contributed by atoms with Crippen LogP contribution in [0.1, 0.15) is 18.3 Å². The van der Waals surface area contributed by atoms with Gasteiger partial charge in [0.1, 0.15) is 0 Å². The highest BCUT2D eigenvalue weighted by Gasteiger charge is 2.00. The summed E-state index contributed by atoms with van der Waals surface area (Å²) in [7, 11) is 0. The first-order valence-electron chi connectivity index (χ1n) is 5.76. The minimum atomic E-state index is 0.636. The third-order valence-corrected chi connectivity index (χ3v) is 3.62. The Hall–Kier alpha value is -1.66. The molecule has 2 aromatic rings. The van der Waals surface area contributed by atoms with E-state index in [4.69, 9.17) is 12.2 Å². The van der Waals surface area contributed by atoms with Crippen molar-refractivity contribution < 1.29 is 0 Å². The van der Waals surface area contributed by atoms with Gasteiger partial charge in [-0.25, -0.2) is 0 Å². The maximum Gasteiger partial charge on any atom is 0.154 e. The number of nitrogens with one attached hydrogen (secondary N) is 2. The Kier molecular flexibility index (Phi) is 5.11. The summed E-state index contributed by atoms with van der Waals surface area (Å²) in [5.41, 5.74) is 5.72. The van der Waals surface area contributed by atoms with Gasteiger partial charge in [-0.1, -0.05) is 30.0 Å². The number of hydrazone groups is 1. The maximum absolute atomic E-state index is 5.21. The van der Waals surface area contributed by atoms with Crippen LogP contribution >= 0.6 is 24.0 Å². The molecule has 0 aliphatic rings. The molecule has 0 atom stereocenters. The first kappa shape index (κ1) is 13.8. The zero-order chi connectivity index (χ0) is 13.5. The van der Waals surface area contributed by atoms with Crippen LogP contribution in [-0.2, 0) is 5.75 Å². The predicted molar refractivity (Wildman–Crippen MR) is 84.3 cm³/mol. The number of pyridine rings is 1. The molecule has 0 fully saturated rings. The van der Waals surface area contributed by atoms with Gasteiger partial charge in [-0.2, -0.15) is 5.10 Å². The molecule has 6 heteroatoms. The Labute approximate surface area is 121 Å². The van der Waals surface area contributed by atoms with E-state index in [9.17, 15) is 0 Å². The van der Waals surface area contributed by atoms with Crippen molar-refractivity contribution in [2.75, 3.05) is 0 Å². The molecule has 2 aromatic heterocycles. The molecule has 0 aliphatic heterocycles. The van der Waals surface area contributed by atoms with Gasteiger partial charge in [-0.15, -0.1) is 0 Å². The fourth-order valence-corrected chi connectivity index (χ4v) is 2.18. The van der Waals surface area contributed by atoms with E-state index in [1.165, 1.54) is 11.8 Å². The molecule has 0 saturated heterocycles. The smallest absolute Gasteiger partial charge is 0.154 e. The van der Waals surface area contributed by atoms with Gasteiger partial charge in [0.05, 0.1) is 17.1 Å². The van der Waals surface area contributed by atoms with Crippen molar-refractivity contribution >= 4 is 34.0 Å². The van der Waals surface area contributed by atoms with Crippen LogP contribution in [-0.4, -0.2) is 20.0 Å². The summed E-state index contributed by atoms with van der Waals surface area (Å²) in [6.07, 6.45) is 3.64. The van der Waals surface area contributed by atoms with E-state index in [1.54, 1.807) is 6.20 Å². The second kappa shape index (κ2) is 7.06. The fourth-order valence-electron chi connectivity index (χ4n) is 1.40. The van der Waals surface area contributed by atoms with Crippen LogP contribution < -0.4 is 5.43 Å². The third kappa shape index (κ3) is 4.50. The highest BCUT2D eigenvalue weighted by molar-refractivity contribution is 8.22. The molecule has 0 spiro atoms. The molecule has 19 heavy (non-hydrogen) atoms. The van der Waals surface area contributed by atoms with Gasteiger partial charge in [-0.05, 0) is 31.2 Å². The molecular formula is C13H14N4S2. The first-order valence-corrected chi connectivity index (χ1v) is 7.16. The van der Waals surface area contributed by atoms with Crippen molar-refractivity contribution in [1.82, 2.24) is 15.4 Å². The van der Waals surface area contributed by atoms with Crippen LogP contribution in [0.15, 0.2) is 47.8 Å². The molecular weight excluding hydrogens is 276 g/mol. The molecule has 2 rings (SSSR count). The van der Waals surface area contributed by atoms with E-state index in [0.717, 1.165) is 22.9 Å². The Morgan fingerprint density at radius 3 is 3.00 bits per heavy atom. The molecule has 98 valence electrons. The number of rotatable bonds is 4. The highest BCUT2D eigenvalue weighted by Crippen LogP contribution is 2.10. The topological polar surface area (TPSA) is 53.1 Å². The quantitative estimate of drug-likeness (QED) is 0.516. The minimum Gasteiger partial charge on any atom is -0.360 e. The maximum atomic E-state index is 5.21. The van der Waals surface area contributed by atoms with Gasteiger partial charge in [0.15, 0.2) is 4.32 Å². The summed E-state index contributed by atoms with van der Waals surface area (Å²) in [4.78, 5) is 7.33. The summed E-state index contributed by atoms with van der Waals surface area (Å²) in [5, 5.41) is 4.23. The minimum absolute atomic E-state index is 0.636. The predicted octanol–water partition coefficient (Wildman–Crippen LogP) is 2.94. The van der Waals surface area contributed by atoms with Crippen LogP contribution in [0.3, 0.4) is 0 Å². The molecule has 0 aliphatic carbocycles. The van der Waals surface area contributed by atoms with E-state index in [2.05, 4.69) is 20.5 Å². The summed E-state index contributed by atoms with van der Waals surface area (Å²) in [6, 6.07) is 9.73. The average Bonchev–Trinajstić information content (AvgIpc) is 2.98. The molecule has 0 aromatic carbocycles. The Bertz CT molecular complexity index is 549. The first-order chi connectivity index (χ1) is 9.25. The molecule has 0 bridgehead atoms. The molecule has 2 heterocycles. The van der Waals surface area contributed by atoms with E-state index in [-0.39, 0.29) is 0 Å². The molecule has 0 amide bonds. The number of H-pyrrole nitrogens is 1. The van der Waals surface area contributed by atoms with Crippen molar-refractivity contribution in [2.24, 2.45) is 5.10 Å². The number of hydrogen-bond acceptors (Lipinski definition) is 4. The van der Waals surface area contributed by atoms with Crippen LogP contribution in [0.4, 0.5) is 0 Å². The zero-order valence-corrected chi connectivity index (χ0v) is 12.1. The summed E-state index contributed by atoms with van der Waals surface area (Å²) < 4.78 is 0.636. The van der Waals surface area contributed by atoms with Crippen molar-refractivity contribution in [1.29, 1.82) is 0 Å². The Morgan fingerprint density at radius 1 is 1.42 bits per heavy atom. The average molecular weight is 290 g/mol. The SMILES string of the molecule is C/C(=N\NC(=S)SCc1ccccn1)c1ccc[nH]1. The largest absolute Gasteiger partial charge is 0.360 e. The van der Waals surface area contributed by atoms with Crippen LogP contribution in [0, 0.1) is 0 Å². The van der Waals surface area contributed by atoms with Gasteiger partial charge >= 0.3 is 0 Å². The number of hydrogen-bond donors (Lipinski definition) is 2. The number of thiocarbonyl (C=S) groups is 1. The number of nitrogens with zero attached hydrogens (tertiary/aromatic N) is 2. The monoisotopic (exact) mass is 290 g/mol. The van der Waals surface area contributed by atoms with Crippen molar-refractivity contribution in [3.05, 3.63) is 54.1 Å². The van der Waals surface area contributed by atoms with Crippen molar-refractivity contribution in [3.8, 4) is 0 Å². The van der Waals surface area contributed by atoms with Crippen LogP contribution in [0.2, 0.25) is 0 Å². The molecule has 2 N–H and O–H groups in total. The van der Waals surface area contributed by atoms with Gasteiger partial charge in [0, 0.05) is 18.1 Å². The number of thioether (sulfide) groups is 1. The summed E-state index contributed by atoms with van der Waals surface area (Å²) in [6.45, 7) is 1.92. The molecule has 0 radical (unpaired) electrons. The van der Waals surface area contributed by atoms with Crippen LogP contribution in [0.25, 0.3) is 0 Å². The normalized spacial score (nSPS) is 11.3. The lowest BCUT2D eigenvalue weighted by Gasteiger charge is -2.03. The fraction of sp³-hybridized carbons (Fsp3) is 0.154. The zero-order valence-electron chi connectivity index (χ0n) is 10.5. The Morgan fingerprint density at radius 2 is 2.32 bits per heavy atom. The van der Waals surface area contributed by atoms with Gasteiger partial charge in [0.2, 0.25) is 0 Å². The van der Waals surface area contributed by atoms with E-state index < -0.39 is 0 Å². The second-order valence-corrected chi connectivity index (χ2v) is 5.44. The standard InChI is InChI=1S/C13H14N4S2/c1-10(12-6-4-8-15-12)16-17-13(18)19-9-11-5-2-3-7-14-11/h2-8,15H,9H2,1H3,(H,17,18)/b16-10+. The lowest BCUT2D eigenvalue weighted by Crippen LogP contribution is -2.14. The molecule has 4 nitrogen and oxygen atoms in total. The number of aromatic amines is 1. The summed E-state index contributed by atoms with van der Waals surface area (Å²) >= 11 is 6.72. The van der Waals surface area contributed by atoms with E-state index in [1.807, 2.05) is 43.5 Å². The number of aromatic nitrogens is 2. The van der Waals surface area contributed by atoms with E-state index >= 15 is 0 Å². The van der Waals surface area contributed by atoms with Gasteiger partial charge in [0.25, 0.3) is 0 Å². The van der Waals surface area contributed by atoms with Crippen LogP contribution in [0.5, 0.6) is 0 Å².